The summed E-state index contributed by atoms with van der Waals surface area (Å²) in [5.41, 5.74) is 3.87. The Morgan fingerprint density at radius 2 is 1.68 bits per heavy atom. The average Bonchev–Trinajstić information content (AvgIpc) is 2.94. The van der Waals surface area contributed by atoms with Gasteiger partial charge in [0, 0.05) is 61.2 Å². The highest BCUT2D eigenvalue weighted by atomic mass is 15.1. The van der Waals surface area contributed by atoms with Crippen molar-refractivity contribution in [1.29, 1.82) is 0 Å². The minimum atomic E-state index is 0.922. The summed E-state index contributed by atoms with van der Waals surface area (Å²) >= 11 is 0. The summed E-state index contributed by atoms with van der Waals surface area (Å²) in [5.74, 6) is 0. The SMILES string of the molecule is CCCCN=Cc1cn(C)c2ccc(N(CCCC)CCCC)cc12. The Balaban J connectivity index is 2.29. The molecule has 0 aliphatic carbocycles. The number of hydrogen-bond donors (Lipinski definition) is 0. The molecule has 3 heteroatoms. The summed E-state index contributed by atoms with van der Waals surface area (Å²) in [6.07, 6.45) is 11.6. The lowest BCUT2D eigenvalue weighted by Gasteiger charge is -2.25. The van der Waals surface area contributed by atoms with Gasteiger partial charge < -0.3 is 9.47 Å². The quantitative estimate of drug-likeness (QED) is 0.373. The third-order valence-corrected chi connectivity index (χ3v) is 4.80. The molecule has 138 valence electrons. The van der Waals surface area contributed by atoms with Crippen LogP contribution in [0.15, 0.2) is 29.4 Å². The van der Waals surface area contributed by atoms with E-state index in [4.69, 9.17) is 0 Å². The van der Waals surface area contributed by atoms with Crippen LogP contribution in [0.5, 0.6) is 0 Å². The number of aryl methyl sites for hydroxylation is 1. The Morgan fingerprint density at radius 1 is 1.00 bits per heavy atom. The molecule has 2 aromatic rings. The Morgan fingerprint density at radius 3 is 2.32 bits per heavy atom. The second kappa shape index (κ2) is 10.3. The predicted molar refractivity (Wildman–Crippen MR) is 112 cm³/mol. The molecule has 0 N–H and O–H groups in total. The fraction of sp³-hybridized carbons (Fsp3) is 0.591. The van der Waals surface area contributed by atoms with Crippen molar-refractivity contribution in [3.8, 4) is 0 Å². The predicted octanol–water partition coefficient (Wildman–Crippen LogP) is 5.80. The summed E-state index contributed by atoms with van der Waals surface area (Å²) in [6.45, 7) is 9.96. The standard InChI is InChI=1S/C22H35N3/c1-5-8-13-23-17-19-18-24(4)22-12-11-20(16-21(19)22)25(14-9-6-2)15-10-7-3/h11-12,16-18H,5-10,13-15H2,1-4H3. The Kier molecular flexibility index (Phi) is 8.03. The maximum atomic E-state index is 4.62. The molecule has 2 rings (SSSR count). The molecule has 1 aromatic heterocycles. The number of nitrogens with zero attached hydrogens (tertiary/aromatic N) is 3. The number of rotatable bonds is 11. The van der Waals surface area contributed by atoms with Crippen LogP contribution in [-0.4, -0.2) is 30.4 Å². The largest absolute Gasteiger partial charge is 0.372 e. The molecule has 0 atom stereocenters. The van der Waals surface area contributed by atoms with Gasteiger partial charge in [0.15, 0.2) is 0 Å². The fourth-order valence-electron chi connectivity index (χ4n) is 3.19. The summed E-state index contributed by atoms with van der Waals surface area (Å²) in [6, 6.07) is 6.91. The first-order chi connectivity index (χ1) is 12.2. The van der Waals surface area contributed by atoms with Crippen LogP contribution in [-0.2, 0) is 7.05 Å². The van der Waals surface area contributed by atoms with Gasteiger partial charge in [-0.3, -0.25) is 4.99 Å². The van der Waals surface area contributed by atoms with E-state index in [-0.39, 0.29) is 0 Å². The van der Waals surface area contributed by atoms with E-state index in [1.54, 1.807) is 0 Å². The zero-order valence-electron chi connectivity index (χ0n) is 16.6. The maximum Gasteiger partial charge on any atom is 0.0486 e. The molecule has 25 heavy (non-hydrogen) atoms. The maximum absolute atomic E-state index is 4.62. The van der Waals surface area contributed by atoms with E-state index in [0.717, 1.165) is 26.1 Å². The van der Waals surface area contributed by atoms with E-state index in [1.807, 2.05) is 0 Å². The summed E-state index contributed by atoms with van der Waals surface area (Å²) < 4.78 is 2.21. The van der Waals surface area contributed by atoms with Gasteiger partial charge in [0.1, 0.15) is 0 Å². The highest BCUT2D eigenvalue weighted by Gasteiger charge is 2.10. The van der Waals surface area contributed by atoms with E-state index < -0.39 is 0 Å². The minimum Gasteiger partial charge on any atom is -0.372 e. The molecule has 0 spiro atoms. The number of benzene rings is 1. The molecule has 0 saturated carbocycles. The van der Waals surface area contributed by atoms with Gasteiger partial charge in [-0.2, -0.15) is 0 Å². The second-order valence-corrected chi connectivity index (χ2v) is 6.98. The molecule has 0 bridgehead atoms. The second-order valence-electron chi connectivity index (χ2n) is 6.98. The van der Waals surface area contributed by atoms with Crippen molar-refractivity contribution in [1.82, 2.24) is 4.57 Å². The highest BCUT2D eigenvalue weighted by molar-refractivity contribution is 6.00. The monoisotopic (exact) mass is 341 g/mol. The summed E-state index contributed by atoms with van der Waals surface area (Å²) in [4.78, 5) is 7.17. The van der Waals surface area contributed by atoms with Crippen molar-refractivity contribution in [2.24, 2.45) is 12.0 Å². The van der Waals surface area contributed by atoms with Crippen molar-refractivity contribution in [2.45, 2.75) is 59.3 Å². The van der Waals surface area contributed by atoms with Crippen LogP contribution in [0.1, 0.15) is 64.9 Å². The van der Waals surface area contributed by atoms with Gasteiger partial charge in [-0.05, 0) is 37.5 Å². The van der Waals surface area contributed by atoms with Gasteiger partial charge in [-0.1, -0.05) is 40.0 Å². The summed E-state index contributed by atoms with van der Waals surface area (Å²) in [7, 11) is 2.12. The molecule has 1 heterocycles. The van der Waals surface area contributed by atoms with Crippen LogP contribution in [0, 0.1) is 0 Å². The van der Waals surface area contributed by atoms with Gasteiger partial charge >= 0.3 is 0 Å². The van der Waals surface area contributed by atoms with Crippen molar-refractivity contribution < 1.29 is 0 Å². The van der Waals surface area contributed by atoms with Crippen LogP contribution in [0.4, 0.5) is 5.69 Å². The molecule has 0 aliphatic rings. The lowest BCUT2D eigenvalue weighted by molar-refractivity contribution is 0.678. The van der Waals surface area contributed by atoms with E-state index in [0.29, 0.717) is 0 Å². The van der Waals surface area contributed by atoms with E-state index >= 15 is 0 Å². The Hall–Kier alpha value is -1.77. The summed E-state index contributed by atoms with van der Waals surface area (Å²) in [5, 5.41) is 1.32. The molecule has 0 radical (unpaired) electrons. The smallest absolute Gasteiger partial charge is 0.0486 e. The van der Waals surface area contributed by atoms with Gasteiger partial charge in [0.05, 0.1) is 0 Å². The van der Waals surface area contributed by atoms with Crippen LogP contribution < -0.4 is 4.90 Å². The van der Waals surface area contributed by atoms with Gasteiger partial charge in [0.2, 0.25) is 0 Å². The number of anilines is 1. The normalized spacial score (nSPS) is 11.7. The molecule has 1 aromatic carbocycles. The molecule has 0 aliphatic heterocycles. The first-order valence-electron chi connectivity index (χ1n) is 10.0. The Labute approximate surface area is 153 Å². The number of hydrogen-bond acceptors (Lipinski definition) is 2. The third-order valence-electron chi connectivity index (χ3n) is 4.80. The number of aliphatic imine (C=N–C) groups is 1. The van der Waals surface area contributed by atoms with Gasteiger partial charge in [-0.15, -0.1) is 0 Å². The number of unbranched alkanes of at least 4 members (excludes halogenated alkanes) is 3. The van der Waals surface area contributed by atoms with Crippen molar-refractivity contribution in [3.63, 3.8) is 0 Å². The first-order valence-corrected chi connectivity index (χ1v) is 10.0. The molecule has 0 saturated heterocycles. The minimum absolute atomic E-state index is 0.922. The number of fused-ring (bicyclic) bond motifs is 1. The van der Waals surface area contributed by atoms with Crippen molar-refractivity contribution >= 4 is 22.8 Å². The molecular formula is C22H35N3. The van der Waals surface area contributed by atoms with Crippen LogP contribution >= 0.6 is 0 Å². The zero-order chi connectivity index (χ0) is 18.1. The Bertz CT molecular complexity index is 661. The van der Waals surface area contributed by atoms with Crippen LogP contribution in [0.2, 0.25) is 0 Å². The molecule has 0 amide bonds. The highest BCUT2D eigenvalue weighted by Crippen LogP contribution is 2.26. The van der Waals surface area contributed by atoms with E-state index in [9.17, 15) is 0 Å². The topological polar surface area (TPSA) is 20.5 Å². The number of aromatic nitrogens is 1. The van der Waals surface area contributed by atoms with Crippen molar-refractivity contribution in [2.75, 3.05) is 24.5 Å². The fourth-order valence-corrected chi connectivity index (χ4v) is 3.19. The van der Waals surface area contributed by atoms with Gasteiger partial charge in [-0.25, -0.2) is 0 Å². The van der Waals surface area contributed by atoms with Gasteiger partial charge in [0.25, 0.3) is 0 Å². The molecule has 0 unspecified atom stereocenters. The molecule has 3 nitrogen and oxygen atoms in total. The first kappa shape index (κ1) is 19.6. The third kappa shape index (κ3) is 5.35. The van der Waals surface area contributed by atoms with Crippen LogP contribution in [0.25, 0.3) is 10.9 Å². The van der Waals surface area contributed by atoms with E-state index in [1.165, 1.54) is 54.3 Å². The molecule has 0 fully saturated rings. The lowest BCUT2D eigenvalue weighted by atomic mass is 10.1. The van der Waals surface area contributed by atoms with E-state index in [2.05, 4.69) is 72.9 Å². The zero-order valence-corrected chi connectivity index (χ0v) is 16.6. The van der Waals surface area contributed by atoms with Crippen molar-refractivity contribution in [3.05, 3.63) is 30.0 Å². The molecular weight excluding hydrogens is 306 g/mol. The van der Waals surface area contributed by atoms with Crippen LogP contribution in [0.3, 0.4) is 0 Å². The average molecular weight is 342 g/mol. The lowest BCUT2D eigenvalue weighted by Crippen LogP contribution is -2.25.